The van der Waals surface area contributed by atoms with Crippen molar-refractivity contribution in [3.63, 3.8) is 0 Å². The van der Waals surface area contributed by atoms with Crippen molar-refractivity contribution in [3.8, 4) is 18.0 Å². The van der Waals surface area contributed by atoms with Crippen LogP contribution in [0.15, 0.2) is 47.5 Å². The molecule has 1 aromatic carbocycles. The van der Waals surface area contributed by atoms with Gasteiger partial charge in [0.2, 0.25) is 0 Å². The van der Waals surface area contributed by atoms with Gasteiger partial charge in [0, 0.05) is 37.4 Å². The third-order valence-corrected chi connectivity index (χ3v) is 4.73. The first-order valence-corrected chi connectivity index (χ1v) is 8.47. The standard InChI is InChI=1S/C19H17N3O2S/c1-4-11-22-18(23)17(25-19(22)24)13-16-6-5-12-21(16)15-9-7-14(8-10-15)20(2)3/h1,5-10,12-13H,11H2,2-3H3/b17-13-. The molecule has 1 saturated heterocycles. The number of hydrogen-bond acceptors (Lipinski definition) is 4. The van der Waals surface area contributed by atoms with Crippen molar-refractivity contribution in [2.45, 2.75) is 0 Å². The summed E-state index contributed by atoms with van der Waals surface area (Å²) in [5, 5.41) is -0.331. The monoisotopic (exact) mass is 351 g/mol. The molecule has 0 bridgehead atoms. The molecule has 0 aliphatic carbocycles. The van der Waals surface area contributed by atoms with Gasteiger partial charge in [-0.15, -0.1) is 6.42 Å². The van der Waals surface area contributed by atoms with E-state index in [-0.39, 0.29) is 17.7 Å². The zero-order valence-electron chi connectivity index (χ0n) is 14.0. The zero-order valence-corrected chi connectivity index (χ0v) is 14.8. The van der Waals surface area contributed by atoms with Crippen molar-refractivity contribution in [2.24, 2.45) is 0 Å². The predicted molar refractivity (Wildman–Crippen MR) is 102 cm³/mol. The van der Waals surface area contributed by atoms with Crippen molar-refractivity contribution in [1.82, 2.24) is 9.47 Å². The number of imide groups is 1. The minimum atomic E-state index is -0.344. The number of benzene rings is 1. The van der Waals surface area contributed by atoms with Gasteiger partial charge in [-0.25, -0.2) is 0 Å². The van der Waals surface area contributed by atoms with Gasteiger partial charge in [-0.3, -0.25) is 14.5 Å². The average Bonchev–Trinajstić information content (AvgIpc) is 3.16. The normalized spacial score (nSPS) is 15.7. The zero-order chi connectivity index (χ0) is 18.0. The van der Waals surface area contributed by atoms with Crippen LogP contribution in [0.3, 0.4) is 0 Å². The summed E-state index contributed by atoms with van der Waals surface area (Å²) in [6.07, 6.45) is 8.86. The summed E-state index contributed by atoms with van der Waals surface area (Å²) in [6.45, 7) is -0.00494. The van der Waals surface area contributed by atoms with E-state index >= 15 is 0 Å². The van der Waals surface area contributed by atoms with Crippen LogP contribution in [0.5, 0.6) is 0 Å². The summed E-state index contributed by atoms with van der Waals surface area (Å²) in [7, 11) is 3.98. The Balaban J connectivity index is 1.91. The molecule has 3 rings (SSSR count). The molecule has 2 aromatic rings. The smallest absolute Gasteiger partial charge is 0.294 e. The topological polar surface area (TPSA) is 45.6 Å². The molecule has 1 fully saturated rings. The Morgan fingerprint density at radius 2 is 1.92 bits per heavy atom. The molecule has 0 atom stereocenters. The Bertz CT molecular complexity index is 888. The number of thioether (sulfide) groups is 1. The van der Waals surface area contributed by atoms with Crippen LogP contribution < -0.4 is 4.90 Å². The Kier molecular flexibility index (Phi) is 4.68. The van der Waals surface area contributed by atoms with Gasteiger partial charge in [0.05, 0.1) is 11.4 Å². The number of hydrogen-bond donors (Lipinski definition) is 0. The molecular formula is C19H17N3O2S. The van der Waals surface area contributed by atoms with Crippen LogP contribution >= 0.6 is 11.8 Å². The Morgan fingerprint density at radius 1 is 1.20 bits per heavy atom. The molecule has 126 valence electrons. The highest BCUT2D eigenvalue weighted by atomic mass is 32.2. The molecule has 5 nitrogen and oxygen atoms in total. The quantitative estimate of drug-likeness (QED) is 0.627. The van der Waals surface area contributed by atoms with Gasteiger partial charge in [-0.2, -0.15) is 0 Å². The van der Waals surface area contributed by atoms with Crippen molar-refractivity contribution >= 4 is 34.7 Å². The lowest BCUT2D eigenvalue weighted by Gasteiger charge is -2.13. The number of anilines is 1. The SMILES string of the molecule is C#CCN1C(=O)S/C(=C\c2cccn2-c2ccc(N(C)C)cc2)C1=O. The largest absolute Gasteiger partial charge is 0.378 e. The average molecular weight is 351 g/mol. The van der Waals surface area contributed by atoms with Gasteiger partial charge < -0.3 is 9.47 Å². The van der Waals surface area contributed by atoms with E-state index in [0.717, 1.165) is 33.7 Å². The van der Waals surface area contributed by atoms with Crippen molar-refractivity contribution in [1.29, 1.82) is 0 Å². The lowest BCUT2D eigenvalue weighted by molar-refractivity contribution is -0.122. The van der Waals surface area contributed by atoms with Gasteiger partial charge in [0.1, 0.15) is 0 Å². The summed E-state index contributed by atoms with van der Waals surface area (Å²) in [4.78, 5) is 27.7. The number of aromatic nitrogens is 1. The van der Waals surface area contributed by atoms with Crippen LogP contribution in [0.25, 0.3) is 11.8 Å². The summed E-state index contributed by atoms with van der Waals surface area (Å²) in [5.41, 5.74) is 2.90. The lowest BCUT2D eigenvalue weighted by Crippen LogP contribution is -2.28. The molecule has 1 aliphatic heterocycles. The highest BCUT2D eigenvalue weighted by molar-refractivity contribution is 8.18. The van der Waals surface area contributed by atoms with Crippen LogP contribution in [0.2, 0.25) is 0 Å². The van der Waals surface area contributed by atoms with Crippen LogP contribution in [-0.4, -0.2) is 41.3 Å². The van der Waals surface area contributed by atoms with E-state index in [1.807, 2.05) is 66.2 Å². The molecule has 0 saturated carbocycles. The number of carbonyl (C=O) groups is 2. The maximum absolute atomic E-state index is 12.3. The van der Waals surface area contributed by atoms with E-state index in [2.05, 4.69) is 5.92 Å². The molecule has 2 heterocycles. The van der Waals surface area contributed by atoms with Crippen LogP contribution in [0, 0.1) is 12.3 Å². The van der Waals surface area contributed by atoms with E-state index in [0.29, 0.717) is 4.91 Å². The third-order valence-electron chi connectivity index (χ3n) is 3.83. The van der Waals surface area contributed by atoms with Crippen molar-refractivity contribution in [3.05, 3.63) is 53.2 Å². The molecule has 1 aromatic heterocycles. The summed E-state index contributed by atoms with van der Waals surface area (Å²) >= 11 is 0.913. The van der Waals surface area contributed by atoms with Crippen LogP contribution in [-0.2, 0) is 4.79 Å². The van der Waals surface area contributed by atoms with Gasteiger partial charge >= 0.3 is 0 Å². The fraction of sp³-hybridized carbons (Fsp3) is 0.158. The first-order chi connectivity index (χ1) is 12.0. The van der Waals surface area contributed by atoms with Gasteiger partial charge in [0.15, 0.2) is 0 Å². The Morgan fingerprint density at radius 3 is 2.56 bits per heavy atom. The molecule has 0 unspecified atom stereocenters. The number of nitrogens with zero attached hydrogens (tertiary/aromatic N) is 3. The van der Waals surface area contributed by atoms with Gasteiger partial charge in [-0.05, 0) is 54.2 Å². The van der Waals surface area contributed by atoms with Gasteiger partial charge in [-0.1, -0.05) is 5.92 Å². The van der Waals surface area contributed by atoms with Crippen LogP contribution in [0.4, 0.5) is 10.5 Å². The van der Waals surface area contributed by atoms with Gasteiger partial charge in [0.25, 0.3) is 11.1 Å². The van der Waals surface area contributed by atoms with E-state index < -0.39 is 0 Å². The molecule has 0 N–H and O–H groups in total. The fourth-order valence-electron chi connectivity index (χ4n) is 2.52. The number of amides is 2. The molecule has 0 radical (unpaired) electrons. The fourth-order valence-corrected chi connectivity index (χ4v) is 3.34. The Labute approximate surface area is 150 Å². The minimum Gasteiger partial charge on any atom is -0.378 e. The second kappa shape index (κ2) is 6.91. The first kappa shape index (κ1) is 16.9. The molecule has 2 amide bonds. The second-order valence-electron chi connectivity index (χ2n) is 5.69. The summed E-state index contributed by atoms with van der Waals surface area (Å²) < 4.78 is 1.97. The van der Waals surface area contributed by atoms with Crippen LogP contribution in [0.1, 0.15) is 5.69 Å². The van der Waals surface area contributed by atoms with E-state index in [1.165, 1.54) is 0 Å². The Hall–Kier alpha value is -2.91. The predicted octanol–water partition coefficient (Wildman–Crippen LogP) is 3.21. The molecule has 25 heavy (non-hydrogen) atoms. The highest BCUT2D eigenvalue weighted by Crippen LogP contribution is 2.32. The summed E-state index contributed by atoms with van der Waals surface area (Å²) in [6, 6.07) is 11.9. The first-order valence-electron chi connectivity index (χ1n) is 7.65. The molecular weight excluding hydrogens is 334 g/mol. The third kappa shape index (κ3) is 3.32. The highest BCUT2D eigenvalue weighted by Gasteiger charge is 2.34. The van der Waals surface area contributed by atoms with E-state index in [9.17, 15) is 9.59 Å². The maximum Gasteiger partial charge on any atom is 0.294 e. The second-order valence-corrected chi connectivity index (χ2v) is 6.68. The number of carbonyl (C=O) groups excluding carboxylic acids is 2. The maximum atomic E-state index is 12.3. The number of rotatable bonds is 4. The summed E-state index contributed by atoms with van der Waals surface area (Å²) in [5.74, 6) is 1.99. The van der Waals surface area contributed by atoms with E-state index in [4.69, 9.17) is 6.42 Å². The number of terminal acetylenes is 1. The molecule has 0 spiro atoms. The minimum absolute atomic E-state index is 0.00494. The van der Waals surface area contributed by atoms with E-state index in [1.54, 1.807) is 6.08 Å². The van der Waals surface area contributed by atoms with Crippen molar-refractivity contribution in [2.75, 3.05) is 25.5 Å². The molecule has 6 heteroatoms. The lowest BCUT2D eigenvalue weighted by atomic mass is 10.2. The van der Waals surface area contributed by atoms with Crippen molar-refractivity contribution < 1.29 is 9.59 Å². The molecule has 1 aliphatic rings.